The topological polar surface area (TPSA) is 123 Å². The van der Waals surface area contributed by atoms with Crippen molar-refractivity contribution in [1.29, 1.82) is 0 Å². The van der Waals surface area contributed by atoms with Gasteiger partial charge in [-0.25, -0.2) is 0 Å². The van der Waals surface area contributed by atoms with E-state index in [0.29, 0.717) is 31.6 Å². The SMILES string of the molecule is C[C@@H](c1cccc([N+](=O)[O-])c1)N(C)C(=O)C1CCN(c2ccc3nnnn3n2)CC1. The first kappa shape index (κ1) is 19.7. The van der Waals surface area contributed by atoms with Crippen molar-refractivity contribution in [2.45, 2.75) is 25.8 Å². The number of fused-ring (bicyclic) bond motifs is 1. The minimum Gasteiger partial charge on any atom is -0.355 e. The van der Waals surface area contributed by atoms with Gasteiger partial charge in [-0.15, -0.1) is 14.8 Å². The minimum atomic E-state index is -0.422. The quantitative estimate of drug-likeness (QED) is 0.461. The highest BCUT2D eigenvalue weighted by Crippen LogP contribution is 2.28. The lowest BCUT2D eigenvalue weighted by molar-refractivity contribution is -0.384. The van der Waals surface area contributed by atoms with E-state index in [1.54, 1.807) is 18.0 Å². The second-order valence-electron chi connectivity index (χ2n) is 7.46. The van der Waals surface area contributed by atoms with Gasteiger partial charge in [-0.3, -0.25) is 14.9 Å². The Morgan fingerprint density at radius 2 is 2.03 bits per heavy atom. The first-order valence-electron chi connectivity index (χ1n) is 9.75. The van der Waals surface area contributed by atoms with E-state index in [0.717, 1.165) is 11.4 Å². The Hall–Kier alpha value is -3.63. The number of hydrogen-bond donors (Lipinski definition) is 0. The van der Waals surface area contributed by atoms with Gasteiger partial charge in [0.05, 0.1) is 11.0 Å². The van der Waals surface area contributed by atoms with Crippen LogP contribution in [-0.4, -0.2) is 61.1 Å². The molecule has 0 saturated carbocycles. The number of nitrogens with zero attached hydrogens (tertiary/aromatic N) is 8. The number of non-ortho nitro benzene ring substituents is 1. The third kappa shape index (κ3) is 3.78. The molecule has 30 heavy (non-hydrogen) atoms. The molecule has 2 aromatic heterocycles. The molecule has 1 saturated heterocycles. The van der Waals surface area contributed by atoms with E-state index in [2.05, 4.69) is 25.5 Å². The number of hydrogen-bond acceptors (Lipinski definition) is 8. The van der Waals surface area contributed by atoms with Gasteiger partial charge >= 0.3 is 0 Å². The Bertz CT molecular complexity index is 1080. The first-order chi connectivity index (χ1) is 14.4. The molecule has 11 nitrogen and oxygen atoms in total. The van der Waals surface area contributed by atoms with Crippen molar-refractivity contribution in [3.05, 3.63) is 52.1 Å². The van der Waals surface area contributed by atoms with Crippen LogP contribution in [0.25, 0.3) is 5.65 Å². The molecular weight excluding hydrogens is 388 g/mol. The number of rotatable bonds is 5. The summed E-state index contributed by atoms with van der Waals surface area (Å²) in [6.45, 7) is 3.30. The van der Waals surface area contributed by atoms with Gasteiger partial charge in [0.2, 0.25) is 5.91 Å². The molecule has 3 aromatic rings. The van der Waals surface area contributed by atoms with Crippen LogP contribution in [0.2, 0.25) is 0 Å². The lowest BCUT2D eigenvalue weighted by atomic mass is 9.94. The highest BCUT2D eigenvalue weighted by atomic mass is 16.6. The summed E-state index contributed by atoms with van der Waals surface area (Å²) in [5.74, 6) is 0.737. The molecule has 1 atom stereocenters. The van der Waals surface area contributed by atoms with Crippen LogP contribution in [0, 0.1) is 16.0 Å². The third-order valence-electron chi connectivity index (χ3n) is 5.72. The Balaban J connectivity index is 1.39. The predicted molar refractivity (Wildman–Crippen MR) is 108 cm³/mol. The van der Waals surface area contributed by atoms with Gasteiger partial charge in [0.1, 0.15) is 0 Å². The number of anilines is 1. The van der Waals surface area contributed by atoms with Crippen LogP contribution >= 0.6 is 0 Å². The molecule has 0 radical (unpaired) electrons. The molecule has 1 amide bonds. The summed E-state index contributed by atoms with van der Waals surface area (Å²) in [6, 6.07) is 9.88. The fourth-order valence-corrected chi connectivity index (χ4v) is 3.77. The van der Waals surface area contributed by atoms with Crippen molar-refractivity contribution in [2.75, 3.05) is 25.0 Å². The molecule has 11 heteroatoms. The largest absolute Gasteiger partial charge is 0.355 e. The fourth-order valence-electron chi connectivity index (χ4n) is 3.77. The Morgan fingerprint density at radius 1 is 1.27 bits per heavy atom. The lowest BCUT2D eigenvalue weighted by Crippen LogP contribution is -2.42. The maximum Gasteiger partial charge on any atom is 0.269 e. The molecule has 3 heterocycles. The van der Waals surface area contributed by atoms with Crippen LogP contribution in [0.3, 0.4) is 0 Å². The molecule has 0 N–H and O–H groups in total. The van der Waals surface area contributed by atoms with Crippen molar-refractivity contribution in [3.8, 4) is 0 Å². The molecule has 0 aliphatic carbocycles. The van der Waals surface area contributed by atoms with Crippen LogP contribution in [0.4, 0.5) is 11.5 Å². The zero-order valence-corrected chi connectivity index (χ0v) is 16.7. The van der Waals surface area contributed by atoms with Crippen LogP contribution in [0.5, 0.6) is 0 Å². The van der Waals surface area contributed by atoms with Crippen LogP contribution in [0.1, 0.15) is 31.4 Å². The maximum absolute atomic E-state index is 13.0. The molecule has 1 aliphatic heterocycles. The predicted octanol–water partition coefficient (Wildman–Crippen LogP) is 1.86. The van der Waals surface area contributed by atoms with Crippen LogP contribution in [-0.2, 0) is 4.79 Å². The first-order valence-corrected chi connectivity index (χ1v) is 9.75. The number of nitro benzene ring substituents is 1. The number of nitro groups is 1. The normalized spacial score (nSPS) is 15.9. The summed E-state index contributed by atoms with van der Waals surface area (Å²) in [4.78, 5) is 27.5. The van der Waals surface area contributed by atoms with E-state index in [1.807, 2.05) is 25.1 Å². The molecule has 156 valence electrons. The van der Waals surface area contributed by atoms with Gasteiger partial charge in [-0.2, -0.15) is 0 Å². The second-order valence-corrected chi connectivity index (χ2v) is 7.46. The van der Waals surface area contributed by atoms with Crippen LogP contribution in [0.15, 0.2) is 36.4 Å². The fraction of sp³-hybridized carbons (Fsp3) is 0.421. The average molecular weight is 410 g/mol. The number of piperidine rings is 1. The van der Waals surface area contributed by atoms with Gasteiger partial charge in [0.25, 0.3) is 5.69 Å². The monoisotopic (exact) mass is 410 g/mol. The number of amides is 1. The molecule has 1 aromatic carbocycles. The number of benzene rings is 1. The van der Waals surface area contributed by atoms with Crippen molar-refractivity contribution in [1.82, 2.24) is 30.2 Å². The summed E-state index contributed by atoms with van der Waals surface area (Å²) in [5.41, 5.74) is 1.36. The highest BCUT2D eigenvalue weighted by molar-refractivity contribution is 5.79. The van der Waals surface area contributed by atoms with Crippen molar-refractivity contribution < 1.29 is 9.72 Å². The lowest BCUT2D eigenvalue weighted by Gasteiger charge is -2.35. The van der Waals surface area contributed by atoms with Gasteiger partial charge in [-0.05, 0) is 47.9 Å². The molecule has 0 spiro atoms. The zero-order chi connectivity index (χ0) is 21.3. The maximum atomic E-state index is 13.0. The van der Waals surface area contributed by atoms with E-state index in [9.17, 15) is 14.9 Å². The number of carbonyl (C=O) groups is 1. The zero-order valence-electron chi connectivity index (χ0n) is 16.7. The second kappa shape index (κ2) is 8.01. The Morgan fingerprint density at radius 3 is 2.77 bits per heavy atom. The number of carbonyl (C=O) groups excluding carboxylic acids is 1. The smallest absolute Gasteiger partial charge is 0.269 e. The summed E-state index contributed by atoms with van der Waals surface area (Å²) >= 11 is 0. The summed E-state index contributed by atoms with van der Waals surface area (Å²) < 4.78 is 1.39. The molecular formula is C19H22N8O3. The molecule has 1 fully saturated rings. The number of aromatic nitrogens is 5. The average Bonchev–Trinajstić information content (AvgIpc) is 3.25. The van der Waals surface area contributed by atoms with Crippen molar-refractivity contribution in [3.63, 3.8) is 0 Å². The van der Waals surface area contributed by atoms with E-state index < -0.39 is 4.92 Å². The van der Waals surface area contributed by atoms with Gasteiger partial charge in [-0.1, -0.05) is 12.1 Å². The Kier molecular flexibility index (Phi) is 5.25. The van der Waals surface area contributed by atoms with Gasteiger partial charge in [0.15, 0.2) is 11.5 Å². The van der Waals surface area contributed by atoms with Gasteiger partial charge < -0.3 is 9.80 Å². The van der Waals surface area contributed by atoms with Crippen molar-refractivity contribution >= 4 is 23.1 Å². The van der Waals surface area contributed by atoms with E-state index in [1.165, 1.54) is 16.8 Å². The van der Waals surface area contributed by atoms with Crippen molar-refractivity contribution in [2.24, 2.45) is 5.92 Å². The highest BCUT2D eigenvalue weighted by Gasteiger charge is 2.30. The third-order valence-corrected chi connectivity index (χ3v) is 5.72. The molecule has 0 unspecified atom stereocenters. The molecule has 4 rings (SSSR count). The molecule has 1 aliphatic rings. The van der Waals surface area contributed by atoms with E-state index >= 15 is 0 Å². The number of tetrazole rings is 1. The van der Waals surface area contributed by atoms with E-state index in [4.69, 9.17) is 0 Å². The summed E-state index contributed by atoms with van der Waals surface area (Å²) in [6.07, 6.45) is 1.42. The molecule has 0 bridgehead atoms. The van der Waals surface area contributed by atoms with E-state index in [-0.39, 0.29) is 23.6 Å². The summed E-state index contributed by atoms with van der Waals surface area (Å²) in [5, 5.41) is 26.7. The standard InChI is InChI=1S/C19H22N8O3/c1-13(15-4-3-5-16(12-15)27(29)30)24(2)19(28)14-8-10-25(11-9-14)18-7-6-17-20-22-23-26(17)21-18/h3-7,12-14H,8-11H2,1-2H3/t13-/m0/s1. The van der Waals surface area contributed by atoms with Crippen LogP contribution < -0.4 is 4.90 Å². The van der Waals surface area contributed by atoms with Gasteiger partial charge in [0, 0.05) is 38.2 Å². The summed E-state index contributed by atoms with van der Waals surface area (Å²) in [7, 11) is 1.76. The minimum absolute atomic E-state index is 0.0283. The Labute approximate surface area is 172 Å².